The molecular weight excluding hydrogens is 310 g/mol. The van der Waals surface area contributed by atoms with Crippen LogP contribution in [0.3, 0.4) is 0 Å². The summed E-state index contributed by atoms with van der Waals surface area (Å²) in [5.74, 6) is 0.126. The van der Waals surface area contributed by atoms with Gasteiger partial charge in [0.2, 0.25) is 11.8 Å². The van der Waals surface area contributed by atoms with E-state index in [1.165, 1.54) is 4.90 Å². The number of rotatable bonds is 5. The maximum absolute atomic E-state index is 12.1. The zero-order chi connectivity index (χ0) is 16.9. The molecular formula is C17H21N3O4. The number of hydrogen-bond acceptors (Lipinski definition) is 4. The van der Waals surface area contributed by atoms with Gasteiger partial charge in [-0.05, 0) is 25.0 Å². The molecule has 0 bridgehead atoms. The van der Waals surface area contributed by atoms with Gasteiger partial charge >= 0.3 is 0 Å². The van der Waals surface area contributed by atoms with Crippen LogP contribution in [0.4, 0.5) is 5.69 Å². The molecule has 2 heterocycles. The first-order chi connectivity index (χ1) is 11.6. The van der Waals surface area contributed by atoms with Crippen molar-refractivity contribution in [3.63, 3.8) is 0 Å². The zero-order valence-electron chi connectivity index (χ0n) is 13.5. The largest absolute Gasteiger partial charge is 0.482 e. The zero-order valence-corrected chi connectivity index (χ0v) is 13.5. The number of likely N-dealkylation sites (tertiary alicyclic amines) is 1. The van der Waals surface area contributed by atoms with Crippen molar-refractivity contribution < 1.29 is 19.1 Å². The molecule has 2 aliphatic rings. The molecule has 0 aliphatic carbocycles. The smallest absolute Gasteiger partial charge is 0.265 e. The molecule has 0 atom stereocenters. The van der Waals surface area contributed by atoms with Crippen LogP contribution in [-0.4, -0.2) is 55.4 Å². The first-order valence-corrected chi connectivity index (χ1v) is 8.22. The predicted molar refractivity (Wildman–Crippen MR) is 87.7 cm³/mol. The van der Waals surface area contributed by atoms with Crippen LogP contribution in [0, 0.1) is 0 Å². The van der Waals surface area contributed by atoms with E-state index in [2.05, 4.69) is 5.32 Å². The van der Waals surface area contributed by atoms with Crippen LogP contribution < -0.4 is 15.0 Å². The van der Waals surface area contributed by atoms with Gasteiger partial charge in [-0.25, -0.2) is 0 Å². The lowest BCUT2D eigenvalue weighted by Crippen LogP contribution is -2.45. The molecule has 1 fully saturated rings. The minimum Gasteiger partial charge on any atom is -0.482 e. The van der Waals surface area contributed by atoms with Gasteiger partial charge in [0.05, 0.1) is 5.69 Å². The number of ether oxygens (including phenoxy) is 1. The van der Waals surface area contributed by atoms with Crippen molar-refractivity contribution in [1.29, 1.82) is 0 Å². The van der Waals surface area contributed by atoms with Crippen molar-refractivity contribution in [2.45, 2.75) is 19.3 Å². The summed E-state index contributed by atoms with van der Waals surface area (Å²) in [5.41, 5.74) is 0.594. The monoisotopic (exact) mass is 331 g/mol. The standard InChI is InChI=1S/C17H21N3O4/c21-15(18-8-7-16(22)19-9-3-4-10-19)11-20-13-5-1-2-6-14(13)24-12-17(20)23/h1-2,5-6H,3-4,7-12H2,(H,18,21). The molecule has 0 radical (unpaired) electrons. The summed E-state index contributed by atoms with van der Waals surface area (Å²) >= 11 is 0. The van der Waals surface area contributed by atoms with Crippen molar-refractivity contribution in [3.05, 3.63) is 24.3 Å². The lowest BCUT2D eigenvalue weighted by molar-refractivity contribution is -0.130. The molecule has 1 aromatic rings. The van der Waals surface area contributed by atoms with Gasteiger partial charge in [-0.2, -0.15) is 0 Å². The third kappa shape index (κ3) is 3.67. The molecule has 7 nitrogen and oxygen atoms in total. The van der Waals surface area contributed by atoms with E-state index in [1.54, 1.807) is 18.2 Å². The second-order valence-electron chi connectivity index (χ2n) is 5.92. The summed E-state index contributed by atoms with van der Waals surface area (Å²) in [6.45, 7) is 1.76. The van der Waals surface area contributed by atoms with Crippen molar-refractivity contribution >= 4 is 23.4 Å². The average Bonchev–Trinajstić information content (AvgIpc) is 3.12. The Morgan fingerprint density at radius 1 is 1.17 bits per heavy atom. The van der Waals surface area contributed by atoms with E-state index in [4.69, 9.17) is 4.74 Å². The minimum absolute atomic E-state index is 0.0700. The molecule has 128 valence electrons. The van der Waals surface area contributed by atoms with Gasteiger partial charge in [-0.1, -0.05) is 12.1 Å². The maximum Gasteiger partial charge on any atom is 0.265 e. The molecule has 3 rings (SSSR count). The number of carbonyl (C=O) groups is 3. The van der Waals surface area contributed by atoms with Crippen LogP contribution in [-0.2, 0) is 14.4 Å². The van der Waals surface area contributed by atoms with Crippen LogP contribution in [0.2, 0.25) is 0 Å². The number of amides is 3. The Balaban J connectivity index is 1.50. The molecule has 0 aromatic heterocycles. The lowest BCUT2D eigenvalue weighted by Gasteiger charge is -2.28. The number of para-hydroxylation sites is 2. The highest BCUT2D eigenvalue weighted by molar-refractivity contribution is 6.02. The summed E-state index contributed by atoms with van der Waals surface area (Å²) in [7, 11) is 0. The second-order valence-corrected chi connectivity index (χ2v) is 5.92. The molecule has 0 saturated carbocycles. The Labute approximate surface area is 140 Å². The number of hydrogen-bond donors (Lipinski definition) is 1. The maximum atomic E-state index is 12.1. The molecule has 1 aromatic carbocycles. The van der Waals surface area contributed by atoms with Crippen LogP contribution in [0.5, 0.6) is 5.75 Å². The second kappa shape index (κ2) is 7.33. The molecule has 7 heteroatoms. The summed E-state index contributed by atoms with van der Waals surface area (Å²) in [4.78, 5) is 39.3. The first kappa shape index (κ1) is 16.3. The molecule has 3 amide bonds. The Kier molecular flexibility index (Phi) is 4.98. The van der Waals surface area contributed by atoms with Crippen LogP contribution in [0.1, 0.15) is 19.3 Å². The summed E-state index contributed by atoms with van der Waals surface area (Å²) in [6.07, 6.45) is 2.40. The van der Waals surface area contributed by atoms with E-state index in [0.29, 0.717) is 17.9 Å². The third-order valence-electron chi connectivity index (χ3n) is 4.23. The highest BCUT2D eigenvalue weighted by Crippen LogP contribution is 2.31. The molecule has 24 heavy (non-hydrogen) atoms. The number of carbonyl (C=O) groups excluding carboxylic acids is 3. The fraction of sp³-hybridized carbons (Fsp3) is 0.471. The highest BCUT2D eigenvalue weighted by Gasteiger charge is 2.27. The van der Waals surface area contributed by atoms with Gasteiger partial charge in [-0.3, -0.25) is 19.3 Å². The third-order valence-corrected chi connectivity index (χ3v) is 4.23. The SMILES string of the molecule is O=C(CN1C(=O)COc2ccccc21)NCCC(=O)N1CCCC1. The van der Waals surface area contributed by atoms with Crippen LogP contribution in [0.25, 0.3) is 0 Å². The molecule has 1 saturated heterocycles. The summed E-state index contributed by atoms with van der Waals surface area (Å²) in [5, 5.41) is 2.71. The van der Waals surface area contributed by atoms with E-state index in [-0.39, 0.29) is 37.4 Å². The van der Waals surface area contributed by atoms with E-state index in [0.717, 1.165) is 25.9 Å². The van der Waals surface area contributed by atoms with E-state index in [1.807, 2.05) is 11.0 Å². The number of anilines is 1. The quantitative estimate of drug-likeness (QED) is 0.854. The van der Waals surface area contributed by atoms with E-state index in [9.17, 15) is 14.4 Å². The lowest BCUT2D eigenvalue weighted by atomic mass is 10.2. The van der Waals surface area contributed by atoms with Crippen LogP contribution in [0.15, 0.2) is 24.3 Å². The molecule has 2 aliphatic heterocycles. The average molecular weight is 331 g/mol. The Hall–Kier alpha value is -2.57. The minimum atomic E-state index is -0.283. The van der Waals surface area contributed by atoms with Gasteiger partial charge in [0.25, 0.3) is 5.91 Å². The summed E-state index contributed by atoms with van der Waals surface area (Å²) < 4.78 is 5.34. The number of nitrogens with one attached hydrogen (secondary N) is 1. The van der Waals surface area contributed by atoms with Gasteiger partial charge in [-0.15, -0.1) is 0 Å². The van der Waals surface area contributed by atoms with Crippen molar-refractivity contribution in [3.8, 4) is 5.75 Å². The number of benzene rings is 1. The van der Waals surface area contributed by atoms with Crippen molar-refractivity contribution in [2.75, 3.05) is 37.7 Å². The predicted octanol–water partition coefficient (Wildman–Crippen LogP) is 0.541. The Morgan fingerprint density at radius 2 is 1.92 bits per heavy atom. The Bertz CT molecular complexity index is 640. The van der Waals surface area contributed by atoms with Gasteiger partial charge < -0.3 is 15.0 Å². The normalized spacial score (nSPS) is 16.6. The van der Waals surface area contributed by atoms with E-state index >= 15 is 0 Å². The highest BCUT2D eigenvalue weighted by atomic mass is 16.5. The van der Waals surface area contributed by atoms with Crippen LogP contribution >= 0.6 is 0 Å². The van der Waals surface area contributed by atoms with Crippen molar-refractivity contribution in [1.82, 2.24) is 10.2 Å². The molecule has 0 unspecified atom stereocenters. The summed E-state index contributed by atoms with van der Waals surface area (Å²) in [6, 6.07) is 7.12. The Morgan fingerprint density at radius 3 is 2.71 bits per heavy atom. The van der Waals surface area contributed by atoms with Gasteiger partial charge in [0.15, 0.2) is 6.61 Å². The van der Waals surface area contributed by atoms with Crippen molar-refractivity contribution in [2.24, 2.45) is 0 Å². The fourth-order valence-corrected chi connectivity index (χ4v) is 2.96. The van der Waals surface area contributed by atoms with Gasteiger partial charge in [0, 0.05) is 26.1 Å². The first-order valence-electron chi connectivity index (χ1n) is 8.22. The molecule has 0 spiro atoms. The van der Waals surface area contributed by atoms with Gasteiger partial charge in [0.1, 0.15) is 12.3 Å². The van der Waals surface area contributed by atoms with E-state index < -0.39 is 0 Å². The fourth-order valence-electron chi connectivity index (χ4n) is 2.96. The number of fused-ring (bicyclic) bond motifs is 1. The topological polar surface area (TPSA) is 79.0 Å². The number of nitrogens with zero attached hydrogens (tertiary/aromatic N) is 2. The molecule has 1 N–H and O–H groups in total.